The highest BCUT2D eigenvalue weighted by Gasteiger charge is 2.26. The van der Waals surface area contributed by atoms with Gasteiger partial charge in [-0.3, -0.25) is 10.1 Å². The molecule has 0 amide bonds. The number of esters is 1. The van der Waals surface area contributed by atoms with Crippen LogP contribution in [0.3, 0.4) is 0 Å². The second kappa shape index (κ2) is 6.61. The summed E-state index contributed by atoms with van der Waals surface area (Å²) in [6.45, 7) is 0.973. The number of aliphatic hydroxyl groups is 1. The zero-order chi connectivity index (χ0) is 16.2. The van der Waals surface area contributed by atoms with Crippen molar-refractivity contribution in [1.29, 1.82) is 0 Å². The van der Waals surface area contributed by atoms with Crippen LogP contribution in [0.1, 0.15) is 17.3 Å². The summed E-state index contributed by atoms with van der Waals surface area (Å²) in [7, 11) is -3.10. The molecule has 0 aliphatic rings. The first kappa shape index (κ1) is 17.0. The number of ether oxygens (including phenoxy) is 1. The van der Waals surface area contributed by atoms with Crippen LogP contribution < -0.4 is 4.72 Å². The molecule has 0 saturated heterocycles. The fraction of sp³-hybridized carbons (Fsp3) is 0.364. The van der Waals surface area contributed by atoms with Crippen LogP contribution in [0.25, 0.3) is 0 Å². The number of nitro groups is 1. The Morgan fingerprint density at radius 2 is 2.14 bits per heavy atom. The first-order valence-electron chi connectivity index (χ1n) is 5.73. The Labute approximate surface area is 120 Å². The maximum absolute atomic E-state index is 12.1. The number of carbonyl (C=O) groups is 1. The second-order valence-electron chi connectivity index (χ2n) is 4.13. The van der Waals surface area contributed by atoms with Gasteiger partial charge in [0, 0.05) is 18.2 Å². The average molecular weight is 318 g/mol. The molecule has 0 aliphatic heterocycles. The number of nitrogens with zero attached hydrogens (tertiary/aromatic N) is 1. The minimum Gasteiger partial charge on any atom is -0.465 e. The molecule has 0 unspecified atom stereocenters. The number of sulfonamides is 1. The Morgan fingerprint density at radius 3 is 2.62 bits per heavy atom. The van der Waals surface area contributed by atoms with Crippen LogP contribution in [0, 0.1) is 10.1 Å². The van der Waals surface area contributed by atoms with E-state index in [9.17, 15) is 23.3 Å². The van der Waals surface area contributed by atoms with E-state index < -0.39 is 49.7 Å². The molecular formula is C11H14N2O7S. The molecular weight excluding hydrogens is 304 g/mol. The van der Waals surface area contributed by atoms with Gasteiger partial charge < -0.3 is 9.84 Å². The van der Waals surface area contributed by atoms with Gasteiger partial charge in [0.25, 0.3) is 5.69 Å². The van der Waals surface area contributed by atoms with E-state index in [1.807, 2.05) is 0 Å². The van der Waals surface area contributed by atoms with Crippen LogP contribution in [-0.2, 0) is 14.8 Å². The number of non-ortho nitro benzene ring substituents is 1. The van der Waals surface area contributed by atoms with Crippen molar-refractivity contribution in [2.45, 2.75) is 17.9 Å². The van der Waals surface area contributed by atoms with Crippen molar-refractivity contribution in [2.75, 3.05) is 13.7 Å². The highest BCUT2D eigenvalue weighted by atomic mass is 32.2. The van der Waals surface area contributed by atoms with Crippen LogP contribution in [-0.4, -0.2) is 44.2 Å². The number of nitrogens with one attached hydrogen (secondary N) is 1. The maximum Gasteiger partial charge on any atom is 0.339 e. The molecule has 9 nitrogen and oxygen atoms in total. The third kappa shape index (κ3) is 3.97. The molecule has 2 N–H and O–H groups in total. The van der Waals surface area contributed by atoms with Crippen molar-refractivity contribution in [3.63, 3.8) is 0 Å². The molecule has 10 heteroatoms. The number of aliphatic hydroxyl groups excluding tert-OH is 1. The molecule has 1 aromatic carbocycles. The highest BCUT2D eigenvalue weighted by Crippen LogP contribution is 2.22. The van der Waals surface area contributed by atoms with E-state index in [-0.39, 0.29) is 0 Å². The third-order valence-corrected chi connectivity index (χ3v) is 4.15. The lowest BCUT2D eigenvalue weighted by Crippen LogP contribution is -2.35. The van der Waals surface area contributed by atoms with Gasteiger partial charge in [0.05, 0.1) is 29.1 Å². The summed E-state index contributed by atoms with van der Waals surface area (Å²) >= 11 is 0. The van der Waals surface area contributed by atoms with Gasteiger partial charge in [0.2, 0.25) is 10.0 Å². The molecule has 0 fully saturated rings. The first-order valence-corrected chi connectivity index (χ1v) is 7.21. The minimum atomic E-state index is -4.13. The van der Waals surface area contributed by atoms with Gasteiger partial charge in [-0.25, -0.2) is 17.9 Å². The zero-order valence-corrected chi connectivity index (χ0v) is 12.1. The van der Waals surface area contributed by atoms with E-state index in [1.165, 1.54) is 6.92 Å². The first-order chi connectivity index (χ1) is 9.72. The van der Waals surface area contributed by atoms with Gasteiger partial charge in [-0.05, 0) is 13.0 Å². The van der Waals surface area contributed by atoms with Crippen LogP contribution >= 0.6 is 0 Å². The Morgan fingerprint density at radius 1 is 1.52 bits per heavy atom. The van der Waals surface area contributed by atoms with Crippen molar-refractivity contribution in [3.05, 3.63) is 33.9 Å². The summed E-state index contributed by atoms with van der Waals surface area (Å²) in [5.74, 6) is -1.02. The number of methoxy groups -OCH3 is 1. The third-order valence-electron chi connectivity index (χ3n) is 2.50. The number of benzene rings is 1. The Balaban J connectivity index is 3.41. The molecule has 116 valence electrons. The fourth-order valence-electron chi connectivity index (χ4n) is 1.50. The number of hydrogen-bond donors (Lipinski definition) is 2. The van der Waals surface area contributed by atoms with E-state index in [4.69, 9.17) is 5.11 Å². The van der Waals surface area contributed by atoms with Gasteiger partial charge in [-0.1, -0.05) is 0 Å². The molecule has 0 aromatic heterocycles. The lowest BCUT2D eigenvalue weighted by Gasteiger charge is -2.13. The van der Waals surface area contributed by atoms with Crippen LogP contribution in [0.4, 0.5) is 5.69 Å². The number of rotatable bonds is 6. The van der Waals surface area contributed by atoms with E-state index in [1.54, 1.807) is 0 Å². The Bertz CT molecular complexity index is 657. The largest absolute Gasteiger partial charge is 0.465 e. The number of nitro benzene ring substituents is 1. The molecule has 0 spiro atoms. The fourth-order valence-corrected chi connectivity index (χ4v) is 2.91. The van der Waals surface area contributed by atoms with Crippen molar-refractivity contribution in [3.8, 4) is 0 Å². The van der Waals surface area contributed by atoms with Gasteiger partial charge in [-0.2, -0.15) is 0 Å². The van der Waals surface area contributed by atoms with E-state index >= 15 is 0 Å². The predicted octanol–water partition coefficient (Wildman–Crippen LogP) is 0.0405. The van der Waals surface area contributed by atoms with E-state index in [2.05, 4.69) is 9.46 Å². The summed E-state index contributed by atoms with van der Waals surface area (Å²) in [5, 5.41) is 19.6. The summed E-state index contributed by atoms with van der Waals surface area (Å²) in [5.41, 5.74) is -0.895. The molecule has 1 rings (SSSR count). The summed E-state index contributed by atoms with van der Waals surface area (Å²) in [4.78, 5) is 21.1. The smallest absolute Gasteiger partial charge is 0.339 e. The lowest BCUT2D eigenvalue weighted by atomic mass is 10.2. The van der Waals surface area contributed by atoms with Gasteiger partial charge in [0.1, 0.15) is 0 Å². The minimum absolute atomic E-state index is 0.440. The molecule has 0 bridgehead atoms. The lowest BCUT2D eigenvalue weighted by molar-refractivity contribution is -0.384. The van der Waals surface area contributed by atoms with Crippen molar-refractivity contribution >= 4 is 21.7 Å². The van der Waals surface area contributed by atoms with Crippen molar-refractivity contribution < 1.29 is 28.0 Å². The van der Waals surface area contributed by atoms with Crippen molar-refractivity contribution in [2.24, 2.45) is 0 Å². The molecule has 0 aliphatic carbocycles. The molecule has 1 aromatic rings. The van der Waals surface area contributed by atoms with E-state index in [0.29, 0.717) is 0 Å². The Hall–Kier alpha value is -2.04. The van der Waals surface area contributed by atoms with Gasteiger partial charge >= 0.3 is 5.97 Å². The predicted molar refractivity (Wildman–Crippen MR) is 71.3 cm³/mol. The quantitative estimate of drug-likeness (QED) is 0.429. The number of carbonyl (C=O) groups excluding carboxylic acids is 1. The highest BCUT2D eigenvalue weighted by molar-refractivity contribution is 7.89. The Kier molecular flexibility index (Phi) is 5.35. The zero-order valence-electron chi connectivity index (χ0n) is 11.3. The SMILES string of the molecule is COC(=O)c1cc([N+](=O)[O-])ccc1S(=O)(=O)N[C@H](C)CO. The maximum atomic E-state index is 12.1. The molecule has 0 heterocycles. The van der Waals surface area contributed by atoms with Crippen LogP contribution in [0.15, 0.2) is 23.1 Å². The standard InChI is InChI=1S/C11H14N2O7S/c1-7(6-14)12-21(18,19)10-4-3-8(13(16)17)5-9(10)11(15)20-2/h3-5,7,12,14H,6H2,1-2H3/t7-/m1/s1. The molecule has 21 heavy (non-hydrogen) atoms. The molecule has 0 saturated carbocycles. The van der Waals surface area contributed by atoms with Crippen LogP contribution in [0.5, 0.6) is 0 Å². The van der Waals surface area contributed by atoms with Gasteiger partial charge in [0.15, 0.2) is 0 Å². The normalized spacial score (nSPS) is 12.7. The molecule has 1 atom stereocenters. The van der Waals surface area contributed by atoms with Gasteiger partial charge in [-0.15, -0.1) is 0 Å². The van der Waals surface area contributed by atoms with E-state index in [0.717, 1.165) is 25.3 Å². The van der Waals surface area contributed by atoms with Crippen LogP contribution in [0.2, 0.25) is 0 Å². The monoisotopic (exact) mass is 318 g/mol. The number of hydrogen-bond acceptors (Lipinski definition) is 7. The summed E-state index contributed by atoms with van der Waals surface area (Å²) in [6.07, 6.45) is 0. The van der Waals surface area contributed by atoms with Crippen molar-refractivity contribution in [1.82, 2.24) is 4.72 Å². The summed E-state index contributed by atoms with van der Waals surface area (Å²) < 4.78 is 30.8. The topological polar surface area (TPSA) is 136 Å². The summed E-state index contributed by atoms with van der Waals surface area (Å²) in [6, 6.07) is 1.95. The molecule has 0 radical (unpaired) electrons. The average Bonchev–Trinajstić information content (AvgIpc) is 2.44. The second-order valence-corrected chi connectivity index (χ2v) is 5.82.